The molecule has 2 heterocycles. The van der Waals surface area contributed by atoms with Gasteiger partial charge in [0.15, 0.2) is 0 Å². The molecule has 2 aromatic heterocycles. The fourth-order valence-electron chi connectivity index (χ4n) is 1.18. The van der Waals surface area contributed by atoms with Crippen molar-refractivity contribution in [2.45, 2.75) is 6.92 Å². The molecule has 0 atom stereocenters. The zero-order chi connectivity index (χ0) is 9.97. The highest BCUT2D eigenvalue weighted by Gasteiger charge is 2.03. The van der Waals surface area contributed by atoms with Crippen LogP contribution in [0.1, 0.15) is 11.7 Å². The molecular formula is C10H9N3O. The lowest BCUT2D eigenvalue weighted by Gasteiger charge is -1.94. The Kier molecular flexibility index (Phi) is 2.10. The molecule has 0 spiro atoms. The molecule has 0 amide bonds. The molecule has 0 N–H and O–H groups in total. The topological polar surface area (TPSA) is 47.8 Å². The minimum Gasteiger partial charge on any atom is -0.273 e. The zero-order valence-corrected chi connectivity index (χ0v) is 7.71. The second-order valence-corrected chi connectivity index (χ2v) is 2.90. The molecule has 0 bridgehead atoms. The van der Waals surface area contributed by atoms with E-state index in [1.807, 2.05) is 12.1 Å². The molecule has 0 saturated heterocycles. The van der Waals surface area contributed by atoms with Crippen molar-refractivity contribution < 1.29 is 4.79 Å². The van der Waals surface area contributed by atoms with Crippen LogP contribution < -0.4 is 0 Å². The van der Waals surface area contributed by atoms with Crippen molar-refractivity contribution in [3.63, 3.8) is 0 Å². The first-order valence-electron chi connectivity index (χ1n) is 4.24. The molecule has 0 aliphatic carbocycles. The van der Waals surface area contributed by atoms with Crippen LogP contribution in [0.4, 0.5) is 0 Å². The molecule has 70 valence electrons. The van der Waals surface area contributed by atoms with E-state index in [4.69, 9.17) is 0 Å². The van der Waals surface area contributed by atoms with Gasteiger partial charge < -0.3 is 0 Å². The fraction of sp³-hybridized carbons (Fsp3) is 0.100. The number of carbonyl (C=O) groups excluding carboxylic acids is 1. The summed E-state index contributed by atoms with van der Waals surface area (Å²) in [7, 11) is 0. The van der Waals surface area contributed by atoms with Crippen LogP contribution in [0, 0.1) is 0 Å². The first-order valence-corrected chi connectivity index (χ1v) is 4.24. The molecule has 0 radical (unpaired) electrons. The highest BCUT2D eigenvalue weighted by atomic mass is 16.2. The van der Waals surface area contributed by atoms with E-state index >= 15 is 0 Å². The van der Waals surface area contributed by atoms with E-state index in [0.717, 1.165) is 11.3 Å². The Hall–Kier alpha value is -1.97. The molecule has 0 fully saturated rings. The summed E-state index contributed by atoms with van der Waals surface area (Å²) in [6, 6.07) is 5.51. The monoisotopic (exact) mass is 187 g/mol. The number of nitrogens with zero attached hydrogens (tertiary/aromatic N) is 3. The second-order valence-electron chi connectivity index (χ2n) is 2.90. The second kappa shape index (κ2) is 3.41. The summed E-state index contributed by atoms with van der Waals surface area (Å²) >= 11 is 0. The van der Waals surface area contributed by atoms with E-state index in [1.54, 1.807) is 24.7 Å². The molecule has 2 rings (SSSR count). The van der Waals surface area contributed by atoms with Gasteiger partial charge in [-0.25, -0.2) is 4.68 Å². The van der Waals surface area contributed by atoms with Gasteiger partial charge in [-0.2, -0.15) is 5.10 Å². The smallest absolute Gasteiger partial charge is 0.243 e. The standard InChI is InChI=1S/C10H9N3O/c1-8(14)13-7-4-10(12-13)9-2-5-11-6-3-9/h2-7H,1H3. The Morgan fingerprint density at radius 2 is 2.00 bits per heavy atom. The number of carbonyl (C=O) groups is 1. The van der Waals surface area contributed by atoms with Gasteiger partial charge in [-0.05, 0) is 18.2 Å². The van der Waals surface area contributed by atoms with Crippen molar-refractivity contribution in [2.24, 2.45) is 0 Å². The third kappa shape index (κ3) is 1.54. The van der Waals surface area contributed by atoms with E-state index < -0.39 is 0 Å². The van der Waals surface area contributed by atoms with Crippen molar-refractivity contribution in [3.05, 3.63) is 36.8 Å². The van der Waals surface area contributed by atoms with E-state index in [0.29, 0.717) is 0 Å². The van der Waals surface area contributed by atoms with Crippen molar-refractivity contribution in [3.8, 4) is 11.3 Å². The Bertz CT molecular complexity index is 447. The minimum atomic E-state index is -0.0923. The van der Waals surface area contributed by atoms with E-state index in [9.17, 15) is 4.79 Å². The number of hydrogen-bond donors (Lipinski definition) is 0. The van der Waals surface area contributed by atoms with Crippen LogP contribution in [0.2, 0.25) is 0 Å². The molecular weight excluding hydrogens is 178 g/mol. The summed E-state index contributed by atoms with van der Waals surface area (Å²) in [4.78, 5) is 14.9. The molecule has 0 aromatic carbocycles. The summed E-state index contributed by atoms with van der Waals surface area (Å²) in [6.45, 7) is 1.48. The van der Waals surface area contributed by atoms with Gasteiger partial charge in [0.1, 0.15) is 0 Å². The van der Waals surface area contributed by atoms with Crippen LogP contribution in [0.15, 0.2) is 36.8 Å². The molecule has 0 aliphatic rings. The molecule has 0 aliphatic heterocycles. The Morgan fingerprint density at radius 1 is 1.29 bits per heavy atom. The van der Waals surface area contributed by atoms with Crippen LogP contribution >= 0.6 is 0 Å². The van der Waals surface area contributed by atoms with Gasteiger partial charge in [0, 0.05) is 31.1 Å². The van der Waals surface area contributed by atoms with Crippen LogP contribution in [-0.2, 0) is 0 Å². The predicted octanol–water partition coefficient (Wildman–Crippen LogP) is 1.61. The van der Waals surface area contributed by atoms with E-state index in [1.165, 1.54) is 11.6 Å². The van der Waals surface area contributed by atoms with Gasteiger partial charge in [0.05, 0.1) is 5.69 Å². The maximum absolute atomic E-state index is 11.0. The van der Waals surface area contributed by atoms with Crippen molar-refractivity contribution in [1.29, 1.82) is 0 Å². The third-order valence-corrected chi connectivity index (χ3v) is 1.89. The average Bonchev–Trinajstić information content (AvgIpc) is 2.68. The number of aromatic nitrogens is 3. The maximum atomic E-state index is 11.0. The van der Waals surface area contributed by atoms with Gasteiger partial charge in [-0.15, -0.1) is 0 Å². The largest absolute Gasteiger partial charge is 0.273 e. The van der Waals surface area contributed by atoms with E-state index in [2.05, 4.69) is 10.1 Å². The fourth-order valence-corrected chi connectivity index (χ4v) is 1.18. The summed E-state index contributed by atoms with van der Waals surface area (Å²) < 4.78 is 1.32. The first kappa shape index (κ1) is 8.62. The Balaban J connectivity index is 2.39. The normalized spacial score (nSPS) is 10.1. The molecule has 0 unspecified atom stereocenters. The highest BCUT2D eigenvalue weighted by molar-refractivity contribution is 5.76. The van der Waals surface area contributed by atoms with Gasteiger partial charge in [-0.3, -0.25) is 9.78 Å². The molecule has 2 aromatic rings. The lowest BCUT2D eigenvalue weighted by molar-refractivity contribution is 0.0921. The van der Waals surface area contributed by atoms with Crippen LogP contribution in [-0.4, -0.2) is 20.7 Å². The maximum Gasteiger partial charge on any atom is 0.243 e. The third-order valence-electron chi connectivity index (χ3n) is 1.89. The van der Waals surface area contributed by atoms with Crippen molar-refractivity contribution >= 4 is 5.91 Å². The lowest BCUT2D eigenvalue weighted by Crippen LogP contribution is -2.05. The molecule has 4 nitrogen and oxygen atoms in total. The number of rotatable bonds is 1. The zero-order valence-electron chi connectivity index (χ0n) is 7.71. The van der Waals surface area contributed by atoms with Gasteiger partial charge in [0.2, 0.25) is 5.91 Å². The predicted molar refractivity (Wildman–Crippen MR) is 51.8 cm³/mol. The minimum absolute atomic E-state index is 0.0923. The Labute approximate surface area is 81.2 Å². The number of hydrogen-bond acceptors (Lipinski definition) is 3. The summed E-state index contributed by atoms with van der Waals surface area (Å²) in [5.74, 6) is -0.0923. The van der Waals surface area contributed by atoms with Crippen LogP contribution in [0.5, 0.6) is 0 Å². The van der Waals surface area contributed by atoms with Crippen LogP contribution in [0.25, 0.3) is 11.3 Å². The van der Waals surface area contributed by atoms with Crippen LogP contribution in [0.3, 0.4) is 0 Å². The van der Waals surface area contributed by atoms with Crippen molar-refractivity contribution in [2.75, 3.05) is 0 Å². The van der Waals surface area contributed by atoms with Gasteiger partial charge in [-0.1, -0.05) is 0 Å². The number of pyridine rings is 1. The quantitative estimate of drug-likeness (QED) is 0.681. The van der Waals surface area contributed by atoms with Crippen molar-refractivity contribution in [1.82, 2.24) is 14.8 Å². The highest BCUT2D eigenvalue weighted by Crippen LogP contribution is 2.14. The average molecular weight is 187 g/mol. The SMILES string of the molecule is CC(=O)n1ccc(-c2ccncc2)n1. The summed E-state index contributed by atoms with van der Waals surface area (Å²) in [6.07, 6.45) is 5.04. The van der Waals surface area contributed by atoms with E-state index in [-0.39, 0.29) is 5.91 Å². The molecule has 14 heavy (non-hydrogen) atoms. The Morgan fingerprint density at radius 3 is 2.57 bits per heavy atom. The van der Waals surface area contributed by atoms with Gasteiger partial charge >= 0.3 is 0 Å². The summed E-state index contributed by atoms with van der Waals surface area (Å²) in [5.41, 5.74) is 1.74. The first-order chi connectivity index (χ1) is 6.77. The molecule has 4 heteroatoms. The van der Waals surface area contributed by atoms with Gasteiger partial charge in [0.25, 0.3) is 0 Å². The molecule has 0 saturated carbocycles. The lowest BCUT2D eigenvalue weighted by atomic mass is 10.2. The summed E-state index contributed by atoms with van der Waals surface area (Å²) in [5, 5.41) is 4.12.